The van der Waals surface area contributed by atoms with Crippen molar-refractivity contribution >= 4 is 6.34 Å². The summed E-state index contributed by atoms with van der Waals surface area (Å²) in [6.45, 7) is 5.00. The molecule has 0 aliphatic carbocycles. The molecule has 3 nitrogen and oxygen atoms in total. The predicted molar refractivity (Wildman–Crippen MR) is 65.7 cm³/mol. The number of aryl methyl sites for hydroxylation is 2. The predicted octanol–water partition coefficient (Wildman–Crippen LogP) is 2.50. The number of rotatable bonds is 2. The molecule has 0 radical (unpaired) electrons. The molecule has 0 saturated carbocycles. The molecule has 0 saturated heterocycles. The Hall–Kier alpha value is -1.77. The lowest BCUT2D eigenvalue weighted by molar-refractivity contribution is 0.404. The summed E-state index contributed by atoms with van der Waals surface area (Å²) in [6.07, 6.45) is 3.74. The first-order valence-electron chi connectivity index (χ1n) is 5.35. The zero-order valence-corrected chi connectivity index (χ0v) is 9.90. The van der Waals surface area contributed by atoms with Crippen molar-refractivity contribution in [2.45, 2.75) is 13.8 Å². The monoisotopic (exact) mass is 216 g/mol. The summed E-state index contributed by atoms with van der Waals surface area (Å²) in [6, 6.07) is 6.06. The van der Waals surface area contributed by atoms with Crippen molar-refractivity contribution < 1.29 is 4.74 Å². The molecule has 16 heavy (non-hydrogen) atoms. The fourth-order valence-electron chi connectivity index (χ4n) is 1.44. The number of nitrogens with zero attached hydrogens (tertiary/aromatic N) is 2. The van der Waals surface area contributed by atoms with Crippen LogP contribution in [0.4, 0.5) is 0 Å². The second kappa shape index (κ2) is 4.39. The maximum absolute atomic E-state index is 5.68. The summed E-state index contributed by atoms with van der Waals surface area (Å²) in [5.41, 5.74) is 2.50. The molecular weight excluding hydrogens is 200 g/mol. The van der Waals surface area contributed by atoms with Gasteiger partial charge in [-0.3, -0.25) is 0 Å². The van der Waals surface area contributed by atoms with E-state index < -0.39 is 0 Å². The Labute approximate surface area is 96.1 Å². The third kappa shape index (κ3) is 2.42. The summed E-state index contributed by atoms with van der Waals surface area (Å²) in [5.74, 6) is 1.51. The maximum Gasteiger partial charge on any atom is 0.218 e. The van der Waals surface area contributed by atoms with Gasteiger partial charge in [-0.15, -0.1) is 0 Å². The molecule has 1 heterocycles. The molecule has 1 aromatic rings. The van der Waals surface area contributed by atoms with Gasteiger partial charge in [0.25, 0.3) is 0 Å². The van der Waals surface area contributed by atoms with E-state index in [4.69, 9.17) is 4.74 Å². The first-order chi connectivity index (χ1) is 7.65. The number of likely N-dealkylation sites (N-methyl/N-ethyl adjacent to an activating group) is 1. The SMILES string of the molecule is Cc1ccc(OC2=CCN(C)C=N2)cc1C. The lowest BCUT2D eigenvalue weighted by Gasteiger charge is -2.16. The third-order valence-corrected chi connectivity index (χ3v) is 2.64. The summed E-state index contributed by atoms with van der Waals surface area (Å²) in [7, 11) is 1.98. The van der Waals surface area contributed by atoms with Crippen LogP contribution in [0.25, 0.3) is 0 Å². The van der Waals surface area contributed by atoms with Gasteiger partial charge in [-0.25, -0.2) is 4.99 Å². The van der Waals surface area contributed by atoms with E-state index in [1.807, 2.05) is 30.2 Å². The van der Waals surface area contributed by atoms with E-state index in [9.17, 15) is 0 Å². The van der Waals surface area contributed by atoms with Gasteiger partial charge in [-0.2, -0.15) is 0 Å². The van der Waals surface area contributed by atoms with Gasteiger partial charge in [0.1, 0.15) is 5.75 Å². The van der Waals surface area contributed by atoms with Crippen LogP contribution in [0.5, 0.6) is 5.75 Å². The highest BCUT2D eigenvalue weighted by Gasteiger charge is 2.04. The number of benzene rings is 1. The molecule has 0 unspecified atom stereocenters. The molecule has 0 N–H and O–H groups in total. The molecule has 0 bridgehead atoms. The Morgan fingerprint density at radius 2 is 2.06 bits per heavy atom. The smallest absolute Gasteiger partial charge is 0.218 e. The van der Waals surface area contributed by atoms with Crippen LogP contribution in [0, 0.1) is 13.8 Å². The molecule has 0 spiro atoms. The van der Waals surface area contributed by atoms with Crippen LogP contribution in [0.1, 0.15) is 11.1 Å². The maximum atomic E-state index is 5.68. The van der Waals surface area contributed by atoms with Crippen molar-refractivity contribution in [1.82, 2.24) is 4.90 Å². The van der Waals surface area contributed by atoms with Crippen molar-refractivity contribution in [2.75, 3.05) is 13.6 Å². The van der Waals surface area contributed by atoms with Gasteiger partial charge in [-0.05, 0) is 43.2 Å². The van der Waals surface area contributed by atoms with Gasteiger partial charge in [0.05, 0.1) is 6.34 Å². The van der Waals surface area contributed by atoms with E-state index >= 15 is 0 Å². The molecule has 1 aliphatic heterocycles. The van der Waals surface area contributed by atoms with Crippen LogP contribution in [0.3, 0.4) is 0 Å². The molecule has 0 amide bonds. The van der Waals surface area contributed by atoms with Crippen molar-refractivity contribution in [3.8, 4) is 5.75 Å². The van der Waals surface area contributed by atoms with Crippen molar-refractivity contribution in [3.63, 3.8) is 0 Å². The summed E-state index contributed by atoms with van der Waals surface area (Å²) >= 11 is 0. The number of hydrogen-bond donors (Lipinski definition) is 0. The quantitative estimate of drug-likeness (QED) is 0.758. The molecule has 3 heteroatoms. The zero-order valence-electron chi connectivity index (χ0n) is 9.90. The molecule has 0 fully saturated rings. The minimum Gasteiger partial charge on any atom is -0.439 e. The van der Waals surface area contributed by atoms with Crippen LogP contribution in [-0.4, -0.2) is 24.8 Å². The number of aliphatic imine (C=N–C) groups is 1. The molecule has 2 rings (SSSR count). The average molecular weight is 216 g/mol. The minimum atomic E-state index is 0.668. The van der Waals surface area contributed by atoms with Crippen LogP contribution < -0.4 is 4.74 Å². The van der Waals surface area contributed by atoms with Gasteiger partial charge in [0.2, 0.25) is 5.88 Å². The third-order valence-electron chi connectivity index (χ3n) is 2.64. The Morgan fingerprint density at radius 1 is 1.25 bits per heavy atom. The molecule has 0 aromatic heterocycles. The first-order valence-corrected chi connectivity index (χ1v) is 5.35. The lowest BCUT2D eigenvalue weighted by Crippen LogP contribution is -2.20. The van der Waals surface area contributed by atoms with Gasteiger partial charge < -0.3 is 9.64 Å². The average Bonchev–Trinajstić information content (AvgIpc) is 2.27. The highest BCUT2D eigenvalue weighted by atomic mass is 16.5. The summed E-state index contributed by atoms with van der Waals surface area (Å²) in [5, 5.41) is 0. The summed E-state index contributed by atoms with van der Waals surface area (Å²) < 4.78 is 5.68. The van der Waals surface area contributed by atoms with Crippen LogP contribution >= 0.6 is 0 Å². The number of hydrogen-bond acceptors (Lipinski definition) is 3. The van der Waals surface area contributed by atoms with E-state index in [0.29, 0.717) is 5.88 Å². The van der Waals surface area contributed by atoms with E-state index in [1.54, 1.807) is 6.34 Å². The Balaban J connectivity index is 2.10. The first kappa shape index (κ1) is 10.7. The van der Waals surface area contributed by atoms with E-state index in [2.05, 4.69) is 24.9 Å². The second-order valence-electron chi connectivity index (χ2n) is 4.07. The number of ether oxygens (including phenoxy) is 1. The standard InChI is InChI=1S/C13H16N2O/c1-10-4-5-12(8-11(10)2)16-13-6-7-15(3)9-14-13/h4-6,8-9H,7H2,1-3H3. The minimum absolute atomic E-state index is 0.668. The Kier molecular flexibility index (Phi) is 2.95. The van der Waals surface area contributed by atoms with Gasteiger partial charge >= 0.3 is 0 Å². The molecule has 1 aromatic carbocycles. The highest BCUT2D eigenvalue weighted by molar-refractivity contribution is 5.57. The molecule has 1 aliphatic rings. The van der Waals surface area contributed by atoms with E-state index in [1.165, 1.54) is 11.1 Å². The fourth-order valence-corrected chi connectivity index (χ4v) is 1.44. The van der Waals surface area contributed by atoms with Crippen LogP contribution in [0.2, 0.25) is 0 Å². The molecule has 84 valence electrons. The zero-order chi connectivity index (χ0) is 11.5. The van der Waals surface area contributed by atoms with Crippen LogP contribution in [-0.2, 0) is 0 Å². The van der Waals surface area contributed by atoms with Gasteiger partial charge in [-0.1, -0.05) is 6.07 Å². The largest absolute Gasteiger partial charge is 0.439 e. The normalized spacial score (nSPS) is 14.9. The van der Waals surface area contributed by atoms with E-state index in [-0.39, 0.29) is 0 Å². The fraction of sp³-hybridized carbons (Fsp3) is 0.308. The molecule has 0 atom stereocenters. The van der Waals surface area contributed by atoms with Crippen molar-refractivity contribution in [3.05, 3.63) is 41.3 Å². The Bertz CT molecular complexity index is 449. The van der Waals surface area contributed by atoms with Gasteiger partial charge in [0.15, 0.2) is 0 Å². The van der Waals surface area contributed by atoms with Crippen molar-refractivity contribution in [2.24, 2.45) is 4.99 Å². The highest BCUT2D eigenvalue weighted by Crippen LogP contribution is 2.19. The van der Waals surface area contributed by atoms with Crippen molar-refractivity contribution in [1.29, 1.82) is 0 Å². The van der Waals surface area contributed by atoms with Crippen LogP contribution in [0.15, 0.2) is 35.2 Å². The second-order valence-corrected chi connectivity index (χ2v) is 4.07. The lowest BCUT2D eigenvalue weighted by atomic mass is 10.1. The van der Waals surface area contributed by atoms with E-state index in [0.717, 1.165) is 12.3 Å². The molecular formula is C13H16N2O. The topological polar surface area (TPSA) is 24.8 Å². The Morgan fingerprint density at radius 3 is 2.69 bits per heavy atom. The van der Waals surface area contributed by atoms with Gasteiger partial charge in [0, 0.05) is 13.6 Å². The summed E-state index contributed by atoms with van der Waals surface area (Å²) in [4.78, 5) is 6.19.